The number of hydrogen-bond donors (Lipinski definition) is 1. The Bertz CT molecular complexity index is 388. The van der Waals surface area contributed by atoms with Crippen LogP contribution in [0.15, 0.2) is 17.3 Å². The van der Waals surface area contributed by atoms with Gasteiger partial charge in [-0.15, -0.1) is 0 Å². The average molecular weight is 214 g/mol. The van der Waals surface area contributed by atoms with E-state index in [1.54, 1.807) is 6.07 Å². The van der Waals surface area contributed by atoms with Gasteiger partial charge < -0.3 is 5.21 Å². The molecule has 0 bridgehead atoms. The largest absolute Gasteiger partial charge is 0.411 e. The molecule has 4 heteroatoms. The van der Waals surface area contributed by atoms with Crippen molar-refractivity contribution >= 4 is 17.8 Å². The molecule has 14 heavy (non-hydrogen) atoms. The summed E-state index contributed by atoms with van der Waals surface area (Å²) in [6.45, 7) is 0. The van der Waals surface area contributed by atoms with Gasteiger partial charge in [0.1, 0.15) is 5.82 Å². The molecular formula is C10H9ClFNO. The minimum atomic E-state index is -0.363. The molecule has 0 aliphatic heterocycles. The summed E-state index contributed by atoms with van der Waals surface area (Å²) in [5.41, 5.74) is 0.836. The van der Waals surface area contributed by atoms with Gasteiger partial charge in [0.2, 0.25) is 0 Å². The van der Waals surface area contributed by atoms with Crippen molar-refractivity contribution < 1.29 is 9.60 Å². The van der Waals surface area contributed by atoms with Crippen molar-refractivity contribution in [2.45, 2.75) is 18.8 Å². The predicted octanol–water partition coefficient (Wildman–Crippen LogP) is 3.16. The zero-order valence-corrected chi connectivity index (χ0v) is 8.13. The van der Waals surface area contributed by atoms with Gasteiger partial charge in [0.05, 0.1) is 6.21 Å². The SMILES string of the molecule is O/N=C\c1ccc(Cl)c(C2CC2)c1F. The molecule has 2 nitrogen and oxygen atoms in total. The van der Waals surface area contributed by atoms with E-state index >= 15 is 0 Å². The molecule has 0 radical (unpaired) electrons. The molecule has 0 unspecified atom stereocenters. The monoisotopic (exact) mass is 213 g/mol. The molecule has 1 fully saturated rings. The predicted molar refractivity (Wildman–Crippen MR) is 52.8 cm³/mol. The molecule has 0 aromatic heterocycles. The lowest BCUT2D eigenvalue weighted by Gasteiger charge is -2.05. The van der Waals surface area contributed by atoms with E-state index in [0.29, 0.717) is 10.6 Å². The summed E-state index contributed by atoms with van der Waals surface area (Å²) in [4.78, 5) is 0. The van der Waals surface area contributed by atoms with Gasteiger partial charge in [-0.05, 0) is 30.9 Å². The maximum atomic E-state index is 13.7. The zero-order valence-electron chi connectivity index (χ0n) is 7.37. The molecule has 1 aliphatic rings. The molecule has 1 N–H and O–H groups in total. The number of halogens is 2. The Balaban J connectivity index is 2.50. The van der Waals surface area contributed by atoms with E-state index in [1.807, 2.05) is 0 Å². The first-order chi connectivity index (χ1) is 6.74. The summed E-state index contributed by atoms with van der Waals surface area (Å²) < 4.78 is 13.7. The Morgan fingerprint density at radius 1 is 1.50 bits per heavy atom. The molecule has 0 saturated heterocycles. The fourth-order valence-corrected chi connectivity index (χ4v) is 1.79. The van der Waals surface area contributed by atoms with Crippen molar-refractivity contribution in [3.63, 3.8) is 0 Å². The van der Waals surface area contributed by atoms with Gasteiger partial charge in [-0.1, -0.05) is 16.8 Å². The van der Waals surface area contributed by atoms with Crippen LogP contribution in [0.5, 0.6) is 0 Å². The lowest BCUT2D eigenvalue weighted by atomic mass is 10.1. The minimum absolute atomic E-state index is 0.245. The minimum Gasteiger partial charge on any atom is -0.411 e. The highest BCUT2D eigenvalue weighted by atomic mass is 35.5. The number of oxime groups is 1. The van der Waals surface area contributed by atoms with Gasteiger partial charge in [0.25, 0.3) is 0 Å². The topological polar surface area (TPSA) is 32.6 Å². The van der Waals surface area contributed by atoms with E-state index in [9.17, 15) is 4.39 Å². The molecule has 74 valence electrons. The fraction of sp³-hybridized carbons (Fsp3) is 0.300. The van der Waals surface area contributed by atoms with Gasteiger partial charge in [0, 0.05) is 16.1 Å². The third-order valence-electron chi connectivity index (χ3n) is 2.34. The second-order valence-electron chi connectivity index (χ2n) is 3.38. The summed E-state index contributed by atoms with van der Waals surface area (Å²) >= 11 is 5.89. The van der Waals surface area contributed by atoms with Crippen LogP contribution < -0.4 is 0 Å². The van der Waals surface area contributed by atoms with Crippen molar-refractivity contribution in [3.05, 3.63) is 34.1 Å². The van der Waals surface area contributed by atoms with E-state index < -0.39 is 0 Å². The molecule has 0 spiro atoms. The first-order valence-corrected chi connectivity index (χ1v) is 4.77. The normalized spacial score (nSPS) is 16.4. The lowest BCUT2D eigenvalue weighted by Crippen LogP contribution is -1.95. The molecule has 1 aliphatic carbocycles. The summed E-state index contributed by atoms with van der Waals surface area (Å²) in [6, 6.07) is 3.14. The van der Waals surface area contributed by atoms with E-state index in [-0.39, 0.29) is 17.3 Å². The molecule has 1 saturated carbocycles. The Hall–Kier alpha value is -1.09. The van der Waals surface area contributed by atoms with Crippen LogP contribution in [0.2, 0.25) is 5.02 Å². The van der Waals surface area contributed by atoms with E-state index in [1.165, 1.54) is 6.07 Å². The van der Waals surface area contributed by atoms with Crippen LogP contribution in [-0.4, -0.2) is 11.4 Å². The standard InChI is InChI=1S/C10H9ClFNO/c11-8-4-3-7(5-13-14)10(12)9(8)6-1-2-6/h3-6,14H,1-2H2/b13-5-. The second-order valence-corrected chi connectivity index (χ2v) is 3.79. The van der Waals surface area contributed by atoms with E-state index in [0.717, 1.165) is 19.1 Å². The highest BCUT2D eigenvalue weighted by molar-refractivity contribution is 6.31. The third kappa shape index (κ3) is 1.60. The average Bonchev–Trinajstić information content (AvgIpc) is 2.94. The van der Waals surface area contributed by atoms with Crippen LogP contribution in [0.25, 0.3) is 0 Å². The Kier molecular flexibility index (Phi) is 2.42. The van der Waals surface area contributed by atoms with Crippen LogP contribution in [0.3, 0.4) is 0 Å². The van der Waals surface area contributed by atoms with Gasteiger partial charge in [-0.2, -0.15) is 0 Å². The first-order valence-electron chi connectivity index (χ1n) is 4.39. The zero-order chi connectivity index (χ0) is 10.1. The summed E-state index contributed by atoms with van der Waals surface area (Å²) in [7, 11) is 0. The molecule has 1 aromatic carbocycles. The van der Waals surface area contributed by atoms with Crippen LogP contribution in [0.4, 0.5) is 4.39 Å². The molecule has 0 atom stereocenters. The van der Waals surface area contributed by atoms with Crippen molar-refractivity contribution in [2.24, 2.45) is 5.16 Å². The van der Waals surface area contributed by atoms with Gasteiger partial charge in [-0.25, -0.2) is 4.39 Å². The molecule has 0 amide bonds. The highest BCUT2D eigenvalue weighted by Crippen LogP contribution is 2.44. The maximum absolute atomic E-state index is 13.7. The molecule has 1 aromatic rings. The summed E-state index contributed by atoms with van der Waals surface area (Å²) in [5.74, 6) is -0.118. The van der Waals surface area contributed by atoms with Crippen LogP contribution >= 0.6 is 11.6 Å². The van der Waals surface area contributed by atoms with Crippen LogP contribution in [-0.2, 0) is 0 Å². The Morgan fingerprint density at radius 3 is 2.79 bits per heavy atom. The first kappa shape index (κ1) is 9.46. The summed E-state index contributed by atoms with van der Waals surface area (Å²) in [5, 5.41) is 11.6. The Labute approximate surface area is 86.0 Å². The van der Waals surface area contributed by atoms with Crippen molar-refractivity contribution in [1.29, 1.82) is 0 Å². The fourth-order valence-electron chi connectivity index (χ4n) is 1.49. The number of benzene rings is 1. The number of hydrogen-bond acceptors (Lipinski definition) is 2. The smallest absolute Gasteiger partial charge is 0.137 e. The summed E-state index contributed by atoms with van der Waals surface area (Å²) in [6.07, 6.45) is 3.05. The second kappa shape index (κ2) is 3.58. The van der Waals surface area contributed by atoms with Crippen LogP contribution in [0, 0.1) is 5.82 Å². The Morgan fingerprint density at radius 2 is 2.21 bits per heavy atom. The quantitative estimate of drug-likeness (QED) is 0.457. The lowest BCUT2D eigenvalue weighted by molar-refractivity contribution is 0.321. The maximum Gasteiger partial charge on any atom is 0.137 e. The van der Waals surface area contributed by atoms with Gasteiger partial charge >= 0.3 is 0 Å². The molecule has 0 heterocycles. The third-order valence-corrected chi connectivity index (χ3v) is 2.67. The van der Waals surface area contributed by atoms with E-state index in [2.05, 4.69) is 5.16 Å². The van der Waals surface area contributed by atoms with E-state index in [4.69, 9.17) is 16.8 Å². The van der Waals surface area contributed by atoms with Gasteiger partial charge in [0.15, 0.2) is 0 Å². The highest BCUT2D eigenvalue weighted by Gasteiger charge is 2.29. The van der Waals surface area contributed by atoms with Crippen molar-refractivity contribution in [3.8, 4) is 0 Å². The van der Waals surface area contributed by atoms with Gasteiger partial charge in [-0.3, -0.25) is 0 Å². The number of nitrogens with zero attached hydrogens (tertiary/aromatic N) is 1. The van der Waals surface area contributed by atoms with Crippen molar-refractivity contribution in [1.82, 2.24) is 0 Å². The van der Waals surface area contributed by atoms with Crippen LogP contribution in [0.1, 0.15) is 29.9 Å². The molecule has 2 rings (SSSR count). The number of rotatable bonds is 2. The van der Waals surface area contributed by atoms with Crippen molar-refractivity contribution in [2.75, 3.05) is 0 Å². The molecular weight excluding hydrogens is 205 g/mol.